The fourth-order valence-corrected chi connectivity index (χ4v) is 2.03. The van der Waals surface area contributed by atoms with Gasteiger partial charge in [-0.3, -0.25) is 4.79 Å². The fraction of sp³-hybridized carbons (Fsp3) is 0.333. The second-order valence-electron chi connectivity index (χ2n) is 4.27. The maximum absolute atomic E-state index is 13.6. The molecule has 0 fully saturated rings. The molecule has 7 nitrogen and oxygen atoms in total. The van der Waals surface area contributed by atoms with Gasteiger partial charge in [0.25, 0.3) is 0 Å². The van der Waals surface area contributed by atoms with Gasteiger partial charge in [0.2, 0.25) is 0 Å². The molecule has 0 saturated heterocycles. The molecule has 1 aromatic carbocycles. The third-order valence-corrected chi connectivity index (χ3v) is 3.47. The van der Waals surface area contributed by atoms with Gasteiger partial charge in [-0.2, -0.15) is 0 Å². The molecular weight excluding hydrogens is 347 g/mol. The molecule has 0 bridgehead atoms. The van der Waals surface area contributed by atoms with E-state index in [1.54, 1.807) is 12.1 Å². The largest absolute Gasteiger partial charge is 0.481 e. The van der Waals surface area contributed by atoms with E-state index in [1.165, 1.54) is 17.9 Å². The average molecular weight is 359 g/mol. The normalized spacial score (nSPS) is 12.3. The molecule has 0 aliphatic heterocycles. The van der Waals surface area contributed by atoms with Crippen molar-refractivity contribution in [2.45, 2.75) is 19.1 Å². The predicted octanol–water partition coefficient (Wildman–Crippen LogP) is 1.73. The van der Waals surface area contributed by atoms with E-state index in [0.29, 0.717) is 15.9 Å². The van der Waals surface area contributed by atoms with Crippen molar-refractivity contribution >= 4 is 21.9 Å². The molecule has 0 radical (unpaired) electrons. The Morgan fingerprint density at radius 2 is 2.33 bits per heavy atom. The quantitative estimate of drug-likeness (QED) is 0.845. The predicted molar refractivity (Wildman–Crippen MR) is 74.0 cm³/mol. The van der Waals surface area contributed by atoms with Crippen molar-refractivity contribution < 1.29 is 19.0 Å². The summed E-state index contributed by atoms with van der Waals surface area (Å²) in [5.41, 5.74) is 0.492. The number of hydrogen-bond donors (Lipinski definition) is 1. The lowest BCUT2D eigenvalue weighted by Gasteiger charge is -2.13. The van der Waals surface area contributed by atoms with Crippen LogP contribution in [0.2, 0.25) is 0 Å². The Bertz CT molecular complexity index is 649. The number of methoxy groups -OCH3 is 1. The van der Waals surface area contributed by atoms with Crippen LogP contribution in [0.15, 0.2) is 22.7 Å². The van der Waals surface area contributed by atoms with Gasteiger partial charge < -0.3 is 9.84 Å². The SMILES string of the molecule is COC(CC(=O)O)Cn1nnnc1-c1ccc(Br)c(F)c1. The van der Waals surface area contributed by atoms with Crippen LogP contribution in [0.5, 0.6) is 0 Å². The minimum absolute atomic E-state index is 0.156. The monoisotopic (exact) mass is 358 g/mol. The maximum Gasteiger partial charge on any atom is 0.306 e. The van der Waals surface area contributed by atoms with Crippen molar-refractivity contribution in [3.63, 3.8) is 0 Å². The summed E-state index contributed by atoms with van der Waals surface area (Å²) in [6.07, 6.45) is -0.755. The van der Waals surface area contributed by atoms with Crippen LogP contribution in [0.25, 0.3) is 11.4 Å². The van der Waals surface area contributed by atoms with E-state index in [-0.39, 0.29) is 13.0 Å². The minimum atomic E-state index is -0.980. The van der Waals surface area contributed by atoms with E-state index in [1.807, 2.05) is 0 Å². The van der Waals surface area contributed by atoms with Crippen LogP contribution in [0, 0.1) is 5.82 Å². The number of carboxylic acid groups (broad SMARTS) is 1. The summed E-state index contributed by atoms with van der Waals surface area (Å²) in [7, 11) is 1.41. The van der Waals surface area contributed by atoms with Gasteiger partial charge in [0, 0.05) is 12.7 Å². The van der Waals surface area contributed by atoms with E-state index in [2.05, 4.69) is 31.5 Å². The van der Waals surface area contributed by atoms with E-state index < -0.39 is 17.9 Å². The zero-order valence-corrected chi connectivity index (χ0v) is 12.6. The van der Waals surface area contributed by atoms with Crippen molar-refractivity contribution in [2.24, 2.45) is 0 Å². The number of nitrogens with zero attached hydrogens (tertiary/aromatic N) is 4. The van der Waals surface area contributed by atoms with Gasteiger partial charge in [-0.1, -0.05) is 0 Å². The van der Waals surface area contributed by atoms with Crippen LogP contribution in [0.4, 0.5) is 4.39 Å². The Morgan fingerprint density at radius 1 is 1.57 bits per heavy atom. The highest BCUT2D eigenvalue weighted by Gasteiger charge is 2.18. The number of benzene rings is 1. The molecule has 1 N–H and O–H groups in total. The summed E-state index contributed by atoms with van der Waals surface area (Å²) < 4.78 is 20.4. The average Bonchev–Trinajstić information content (AvgIpc) is 2.88. The number of carbonyl (C=O) groups is 1. The summed E-state index contributed by atoms with van der Waals surface area (Å²) in [5, 5.41) is 20.0. The first-order valence-corrected chi connectivity index (χ1v) is 6.76. The molecule has 1 aromatic heterocycles. The van der Waals surface area contributed by atoms with Gasteiger partial charge in [-0.15, -0.1) is 5.10 Å². The smallest absolute Gasteiger partial charge is 0.306 e. The molecule has 0 aliphatic carbocycles. The molecule has 0 amide bonds. The number of aromatic nitrogens is 4. The Labute approximate surface area is 127 Å². The van der Waals surface area contributed by atoms with Crippen molar-refractivity contribution in [3.8, 4) is 11.4 Å². The van der Waals surface area contributed by atoms with Gasteiger partial charge in [-0.05, 0) is 44.6 Å². The van der Waals surface area contributed by atoms with Crippen LogP contribution in [0.1, 0.15) is 6.42 Å². The number of hydrogen-bond acceptors (Lipinski definition) is 5. The Morgan fingerprint density at radius 3 is 2.95 bits per heavy atom. The third-order valence-electron chi connectivity index (χ3n) is 2.82. The lowest BCUT2D eigenvalue weighted by atomic mass is 10.2. The number of aliphatic carboxylic acids is 1. The van der Waals surface area contributed by atoms with E-state index in [4.69, 9.17) is 9.84 Å². The van der Waals surface area contributed by atoms with E-state index in [9.17, 15) is 9.18 Å². The third kappa shape index (κ3) is 3.82. The molecule has 9 heteroatoms. The highest BCUT2D eigenvalue weighted by atomic mass is 79.9. The Kier molecular flexibility index (Phi) is 4.97. The molecule has 1 atom stereocenters. The summed E-state index contributed by atoms with van der Waals surface area (Å²) in [6.45, 7) is 0.156. The van der Waals surface area contributed by atoms with Crippen LogP contribution < -0.4 is 0 Å². The summed E-state index contributed by atoms with van der Waals surface area (Å²) in [5.74, 6) is -1.07. The van der Waals surface area contributed by atoms with Crippen molar-refractivity contribution in [2.75, 3.05) is 7.11 Å². The van der Waals surface area contributed by atoms with Gasteiger partial charge in [0.05, 0.1) is 23.5 Å². The zero-order valence-electron chi connectivity index (χ0n) is 11.0. The molecule has 112 valence electrons. The summed E-state index contributed by atoms with van der Waals surface area (Å²) in [4.78, 5) is 10.7. The minimum Gasteiger partial charge on any atom is -0.481 e. The number of rotatable bonds is 6. The van der Waals surface area contributed by atoms with Crippen molar-refractivity contribution in [3.05, 3.63) is 28.5 Å². The first-order valence-electron chi connectivity index (χ1n) is 5.97. The second kappa shape index (κ2) is 6.72. The van der Waals surface area contributed by atoms with Crippen LogP contribution in [-0.2, 0) is 16.1 Å². The topological polar surface area (TPSA) is 90.1 Å². The fourth-order valence-electron chi connectivity index (χ4n) is 1.78. The summed E-state index contributed by atoms with van der Waals surface area (Å²) >= 11 is 3.07. The number of carboxylic acids is 1. The molecule has 2 aromatic rings. The molecule has 0 saturated carbocycles. The second-order valence-corrected chi connectivity index (χ2v) is 5.12. The van der Waals surface area contributed by atoms with Crippen molar-refractivity contribution in [1.82, 2.24) is 20.2 Å². The Hall–Kier alpha value is -1.87. The standard InChI is InChI=1S/C12H12BrFN4O3/c1-21-8(5-11(19)20)6-18-12(15-16-17-18)7-2-3-9(13)10(14)4-7/h2-4,8H,5-6H2,1H3,(H,19,20). The highest BCUT2D eigenvalue weighted by molar-refractivity contribution is 9.10. The lowest BCUT2D eigenvalue weighted by molar-refractivity contribution is -0.140. The molecule has 0 spiro atoms. The highest BCUT2D eigenvalue weighted by Crippen LogP contribution is 2.23. The number of ether oxygens (including phenoxy) is 1. The molecule has 1 unspecified atom stereocenters. The van der Waals surface area contributed by atoms with Crippen LogP contribution in [0.3, 0.4) is 0 Å². The zero-order chi connectivity index (χ0) is 15.4. The van der Waals surface area contributed by atoms with Gasteiger partial charge in [-0.25, -0.2) is 9.07 Å². The van der Waals surface area contributed by atoms with E-state index in [0.717, 1.165) is 0 Å². The number of halogens is 2. The van der Waals surface area contributed by atoms with Crippen molar-refractivity contribution in [1.29, 1.82) is 0 Å². The number of tetrazole rings is 1. The van der Waals surface area contributed by atoms with Crippen LogP contribution in [-0.4, -0.2) is 44.5 Å². The Balaban J connectivity index is 2.25. The van der Waals surface area contributed by atoms with E-state index >= 15 is 0 Å². The first kappa shape index (κ1) is 15.5. The summed E-state index contributed by atoms with van der Waals surface area (Å²) in [6, 6.07) is 4.51. The molecule has 1 heterocycles. The lowest BCUT2D eigenvalue weighted by Crippen LogP contribution is -2.23. The van der Waals surface area contributed by atoms with Crippen LogP contribution >= 0.6 is 15.9 Å². The molecule has 2 rings (SSSR count). The molecular formula is C12H12BrFN4O3. The van der Waals surface area contributed by atoms with Gasteiger partial charge in [0.15, 0.2) is 5.82 Å². The maximum atomic E-state index is 13.6. The molecule has 0 aliphatic rings. The van der Waals surface area contributed by atoms with Gasteiger partial charge in [0.1, 0.15) is 5.82 Å². The molecule has 21 heavy (non-hydrogen) atoms. The first-order chi connectivity index (χ1) is 10.0. The van der Waals surface area contributed by atoms with Gasteiger partial charge >= 0.3 is 5.97 Å².